The summed E-state index contributed by atoms with van der Waals surface area (Å²) >= 11 is 0. The normalized spacial score (nSPS) is 11.6. The predicted molar refractivity (Wildman–Crippen MR) is 85.3 cm³/mol. The summed E-state index contributed by atoms with van der Waals surface area (Å²) in [6.45, 7) is 0. The van der Waals surface area contributed by atoms with E-state index in [1.54, 1.807) is 24.3 Å². The van der Waals surface area contributed by atoms with Gasteiger partial charge in [0, 0.05) is 6.08 Å². The van der Waals surface area contributed by atoms with Gasteiger partial charge >= 0.3 is 0 Å². The van der Waals surface area contributed by atoms with Crippen molar-refractivity contribution in [1.29, 1.82) is 0 Å². The summed E-state index contributed by atoms with van der Waals surface area (Å²) in [5, 5.41) is 0.571. The summed E-state index contributed by atoms with van der Waals surface area (Å²) in [4.78, 5) is 23.4. The van der Waals surface area contributed by atoms with Crippen LogP contribution in [0.25, 0.3) is 34.2 Å². The van der Waals surface area contributed by atoms with E-state index in [1.165, 1.54) is 0 Å². The minimum Gasteiger partial charge on any atom is -0.437 e. The van der Waals surface area contributed by atoms with E-state index in [-0.39, 0.29) is 5.56 Å². The topological polar surface area (TPSA) is 71.8 Å². The Morgan fingerprint density at radius 2 is 1.68 bits per heavy atom. The van der Waals surface area contributed by atoms with Gasteiger partial charge in [0.15, 0.2) is 5.58 Å². The Morgan fingerprint density at radius 3 is 2.55 bits per heavy atom. The van der Waals surface area contributed by atoms with Crippen molar-refractivity contribution in [2.45, 2.75) is 0 Å². The summed E-state index contributed by atoms with van der Waals surface area (Å²) in [7, 11) is 0. The average molecular weight is 289 g/mol. The van der Waals surface area contributed by atoms with Crippen LogP contribution < -0.4 is 5.56 Å². The lowest BCUT2D eigenvalue weighted by Crippen LogP contribution is -2.09. The molecule has 0 bridgehead atoms. The van der Waals surface area contributed by atoms with Crippen LogP contribution in [0.2, 0.25) is 0 Å². The molecule has 0 fully saturated rings. The maximum Gasteiger partial charge on any atom is 0.259 e. The van der Waals surface area contributed by atoms with E-state index < -0.39 is 0 Å². The molecule has 0 saturated heterocycles. The molecule has 5 heteroatoms. The smallest absolute Gasteiger partial charge is 0.259 e. The number of nitrogens with one attached hydrogen (secondary N) is 1. The van der Waals surface area contributed by atoms with E-state index in [2.05, 4.69) is 15.0 Å². The molecule has 0 saturated carbocycles. The average Bonchev–Trinajstić information content (AvgIpc) is 2.96. The van der Waals surface area contributed by atoms with E-state index in [1.807, 2.05) is 36.4 Å². The van der Waals surface area contributed by atoms with Crippen molar-refractivity contribution in [1.82, 2.24) is 15.0 Å². The van der Waals surface area contributed by atoms with Crippen molar-refractivity contribution < 1.29 is 4.42 Å². The van der Waals surface area contributed by atoms with Crippen LogP contribution in [-0.2, 0) is 0 Å². The number of oxazole rings is 1. The van der Waals surface area contributed by atoms with E-state index in [4.69, 9.17) is 4.42 Å². The molecular weight excluding hydrogens is 278 g/mol. The lowest BCUT2D eigenvalue weighted by atomic mass is 10.2. The van der Waals surface area contributed by atoms with Crippen molar-refractivity contribution in [3.63, 3.8) is 0 Å². The van der Waals surface area contributed by atoms with Crippen molar-refractivity contribution in [2.24, 2.45) is 0 Å². The lowest BCUT2D eigenvalue weighted by molar-refractivity contribution is 0.589. The molecule has 106 valence electrons. The van der Waals surface area contributed by atoms with Crippen LogP contribution in [0.1, 0.15) is 11.7 Å². The van der Waals surface area contributed by atoms with Gasteiger partial charge in [0.25, 0.3) is 5.56 Å². The van der Waals surface area contributed by atoms with Gasteiger partial charge in [-0.1, -0.05) is 24.3 Å². The summed E-state index contributed by atoms with van der Waals surface area (Å²) in [6, 6.07) is 14.7. The number of aromatic amines is 1. The maximum absolute atomic E-state index is 12.0. The first-order valence-electron chi connectivity index (χ1n) is 6.82. The van der Waals surface area contributed by atoms with Gasteiger partial charge in [0.05, 0.1) is 10.9 Å². The highest BCUT2D eigenvalue weighted by molar-refractivity contribution is 5.79. The molecule has 0 aliphatic rings. The van der Waals surface area contributed by atoms with Crippen molar-refractivity contribution >= 4 is 34.2 Å². The summed E-state index contributed by atoms with van der Waals surface area (Å²) in [5.74, 6) is 0.933. The zero-order valence-electron chi connectivity index (χ0n) is 11.5. The molecule has 0 atom stereocenters. The fourth-order valence-electron chi connectivity index (χ4n) is 2.29. The number of benzene rings is 2. The molecule has 0 radical (unpaired) electrons. The molecule has 0 spiro atoms. The number of hydrogen-bond donors (Lipinski definition) is 1. The maximum atomic E-state index is 12.0. The third-order valence-electron chi connectivity index (χ3n) is 3.33. The molecule has 1 N–H and O–H groups in total. The van der Waals surface area contributed by atoms with Gasteiger partial charge in [-0.25, -0.2) is 9.97 Å². The Morgan fingerprint density at radius 1 is 0.909 bits per heavy atom. The van der Waals surface area contributed by atoms with Crippen LogP contribution in [0.15, 0.2) is 57.7 Å². The van der Waals surface area contributed by atoms with Crippen LogP contribution in [0, 0.1) is 0 Å². The molecule has 2 aromatic carbocycles. The van der Waals surface area contributed by atoms with Gasteiger partial charge in [-0.15, -0.1) is 0 Å². The van der Waals surface area contributed by atoms with Crippen molar-refractivity contribution in [2.75, 3.05) is 0 Å². The van der Waals surface area contributed by atoms with Gasteiger partial charge in [-0.05, 0) is 30.3 Å². The lowest BCUT2D eigenvalue weighted by Gasteiger charge is -1.97. The monoisotopic (exact) mass is 289 g/mol. The first-order valence-corrected chi connectivity index (χ1v) is 6.82. The highest BCUT2D eigenvalue weighted by atomic mass is 16.3. The van der Waals surface area contributed by atoms with Crippen LogP contribution in [0.4, 0.5) is 0 Å². The molecule has 0 aliphatic carbocycles. The highest BCUT2D eigenvalue weighted by Gasteiger charge is 2.03. The Kier molecular flexibility index (Phi) is 2.83. The number of H-pyrrole nitrogens is 1. The highest BCUT2D eigenvalue weighted by Crippen LogP contribution is 2.16. The fourth-order valence-corrected chi connectivity index (χ4v) is 2.29. The number of para-hydroxylation sites is 3. The number of aromatic nitrogens is 3. The number of rotatable bonds is 2. The van der Waals surface area contributed by atoms with Gasteiger partial charge in [0.1, 0.15) is 11.3 Å². The van der Waals surface area contributed by atoms with Gasteiger partial charge in [-0.2, -0.15) is 0 Å². The largest absolute Gasteiger partial charge is 0.437 e. The molecular formula is C17H11N3O2. The standard InChI is InChI=1S/C17H11N3O2/c21-17-11-5-1-2-6-12(11)18-15(20-17)9-10-16-19-13-7-3-4-8-14(13)22-16/h1-10H,(H,18,20,21)/b10-9-. The minimum absolute atomic E-state index is 0.164. The Labute approximate surface area is 125 Å². The number of hydrogen-bond acceptors (Lipinski definition) is 4. The van der Waals surface area contributed by atoms with Crippen LogP contribution in [0.3, 0.4) is 0 Å². The molecule has 5 nitrogen and oxygen atoms in total. The summed E-state index contributed by atoms with van der Waals surface area (Å²) < 4.78 is 5.59. The molecule has 2 heterocycles. The van der Waals surface area contributed by atoms with Gasteiger partial charge < -0.3 is 9.40 Å². The molecule has 0 aliphatic heterocycles. The van der Waals surface area contributed by atoms with E-state index in [0.717, 1.165) is 11.1 Å². The summed E-state index contributed by atoms with van der Waals surface area (Å²) in [6.07, 6.45) is 3.37. The number of fused-ring (bicyclic) bond motifs is 2. The zero-order chi connectivity index (χ0) is 14.9. The van der Waals surface area contributed by atoms with E-state index >= 15 is 0 Å². The predicted octanol–water partition coefficient (Wildman–Crippen LogP) is 3.23. The van der Waals surface area contributed by atoms with E-state index in [9.17, 15) is 4.79 Å². The minimum atomic E-state index is -0.164. The second kappa shape index (κ2) is 4.96. The fraction of sp³-hybridized carbons (Fsp3) is 0. The first kappa shape index (κ1) is 12.5. The molecule has 2 aromatic heterocycles. The Balaban J connectivity index is 1.74. The van der Waals surface area contributed by atoms with Crippen molar-refractivity contribution in [3.8, 4) is 0 Å². The summed E-state index contributed by atoms with van der Waals surface area (Å²) in [5.41, 5.74) is 2.01. The molecule has 22 heavy (non-hydrogen) atoms. The molecule has 4 aromatic rings. The van der Waals surface area contributed by atoms with Gasteiger partial charge in [-0.3, -0.25) is 4.79 Å². The Bertz CT molecular complexity index is 1030. The number of nitrogens with zero attached hydrogens (tertiary/aromatic N) is 2. The first-order chi connectivity index (χ1) is 10.8. The van der Waals surface area contributed by atoms with Crippen LogP contribution in [-0.4, -0.2) is 15.0 Å². The quantitative estimate of drug-likeness (QED) is 0.615. The van der Waals surface area contributed by atoms with Crippen LogP contribution in [0.5, 0.6) is 0 Å². The molecule has 0 unspecified atom stereocenters. The SMILES string of the molecule is O=c1[nH]c(/C=C\c2nc3ccccc3o2)nc2ccccc12. The van der Waals surface area contributed by atoms with Crippen molar-refractivity contribution in [3.05, 3.63) is 70.6 Å². The van der Waals surface area contributed by atoms with E-state index in [0.29, 0.717) is 22.6 Å². The van der Waals surface area contributed by atoms with Crippen LogP contribution >= 0.6 is 0 Å². The zero-order valence-corrected chi connectivity index (χ0v) is 11.5. The molecule has 0 amide bonds. The Hall–Kier alpha value is -3.21. The van der Waals surface area contributed by atoms with Gasteiger partial charge in [0.2, 0.25) is 5.89 Å². The third kappa shape index (κ3) is 2.18. The second-order valence-corrected chi connectivity index (χ2v) is 4.82. The molecule has 4 rings (SSSR count). The second-order valence-electron chi connectivity index (χ2n) is 4.82. The third-order valence-corrected chi connectivity index (χ3v) is 3.33.